The van der Waals surface area contributed by atoms with E-state index < -0.39 is 0 Å². The minimum atomic E-state index is -0.259. The molecule has 1 nitrogen and oxygen atoms in total. The smallest absolute Gasteiger partial charge is 0.0798 e. The van der Waals surface area contributed by atoms with Crippen molar-refractivity contribution in [1.82, 2.24) is 0 Å². The monoisotopic (exact) mass is 210 g/mol. The number of aliphatic hydroxyl groups excluding tert-OH is 1. The Morgan fingerprint density at radius 2 is 2.29 bits per heavy atom. The van der Waals surface area contributed by atoms with Crippen LogP contribution in [0.3, 0.4) is 0 Å². The van der Waals surface area contributed by atoms with Crippen molar-refractivity contribution in [3.05, 3.63) is 35.0 Å². The summed E-state index contributed by atoms with van der Waals surface area (Å²) in [5.41, 5.74) is 1.07. The zero-order valence-corrected chi connectivity index (χ0v) is 9.30. The lowest BCUT2D eigenvalue weighted by Gasteiger charge is -2.07. The first kappa shape index (κ1) is 11.5. The first-order valence-electron chi connectivity index (χ1n) is 5.15. The number of rotatable bonds is 7. The van der Waals surface area contributed by atoms with Gasteiger partial charge in [-0.05, 0) is 41.7 Å². The van der Waals surface area contributed by atoms with Crippen LogP contribution in [0.15, 0.2) is 29.5 Å². The third-order valence-electron chi connectivity index (χ3n) is 2.31. The summed E-state index contributed by atoms with van der Waals surface area (Å²) in [7, 11) is 0. The molecule has 0 bridgehead atoms. The Balaban J connectivity index is 2.10. The Morgan fingerprint density at radius 1 is 1.43 bits per heavy atom. The molecule has 0 saturated heterocycles. The Labute approximate surface area is 90.1 Å². The van der Waals surface area contributed by atoms with Crippen LogP contribution in [0, 0.1) is 0 Å². The number of hydrogen-bond acceptors (Lipinski definition) is 2. The molecule has 14 heavy (non-hydrogen) atoms. The minimum absolute atomic E-state index is 0.259. The first-order chi connectivity index (χ1) is 6.84. The van der Waals surface area contributed by atoms with Crippen molar-refractivity contribution in [3.63, 3.8) is 0 Å². The average molecular weight is 210 g/mol. The van der Waals surface area contributed by atoms with Crippen LogP contribution in [0.4, 0.5) is 0 Å². The van der Waals surface area contributed by atoms with Crippen LogP contribution in [-0.2, 0) is 0 Å². The van der Waals surface area contributed by atoms with Gasteiger partial charge < -0.3 is 5.11 Å². The molecule has 0 amide bonds. The maximum atomic E-state index is 9.75. The molecule has 0 radical (unpaired) electrons. The van der Waals surface area contributed by atoms with Crippen molar-refractivity contribution < 1.29 is 5.11 Å². The largest absolute Gasteiger partial charge is 0.388 e. The number of hydrogen-bond donors (Lipinski definition) is 1. The molecule has 0 aliphatic heterocycles. The van der Waals surface area contributed by atoms with Gasteiger partial charge in [0.2, 0.25) is 0 Å². The maximum Gasteiger partial charge on any atom is 0.0798 e. The summed E-state index contributed by atoms with van der Waals surface area (Å²) in [4.78, 5) is 0. The standard InChI is InChI=1S/C12H18OS/c1-2-3-4-5-6-7-12(13)11-8-9-14-10-11/h2,8-10,12-13H,1,3-7H2. The molecule has 1 unspecified atom stereocenters. The summed E-state index contributed by atoms with van der Waals surface area (Å²) < 4.78 is 0. The first-order valence-corrected chi connectivity index (χ1v) is 6.10. The molecule has 0 fully saturated rings. The molecule has 1 heterocycles. The van der Waals surface area contributed by atoms with Crippen LogP contribution in [0.25, 0.3) is 0 Å². The molecule has 0 aliphatic carbocycles. The highest BCUT2D eigenvalue weighted by atomic mass is 32.1. The van der Waals surface area contributed by atoms with E-state index >= 15 is 0 Å². The second kappa shape index (κ2) is 6.80. The van der Waals surface area contributed by atoms with Crippen LogP contribution < -0.4 is 0 Å². The maximum absolute atomic E-state index is 9.75. The zero-order valence-electron chi connectivity index (χ0n) is 8.48. The predicted molar refractivity (Wildman–Crippen MR) is 62.6 cm³/mol. The van der Waals surface area contributed by atoms with E-state index in [9.17, 15) is 5.11 Å². The van der Waals surface area contributed by atoms with Crippen LogP contribution >= 0.6 is 11.3 Å². The number of unbranched alkanes of at least 4 members (excludes halogenated alkanes) is 3. The highest BCUT2D eigenvalue weighted by molar-refractivity contribution is 7.07. The van der Waals surface area contributed by atoms with E-state index in [1.54, 1.807) is 11.3 Å². The van der Waals surface area contributed by atoms with E-state index in [0.717, 1.165) is 24.8 Å². The lowest BCUT2D eigenvalue weighted by molar-refractivity contribution is 0.164. The van der Waals surface area contributed by atoms with E-state index in [1.165, 1.54) is 12.8 Å². The Kier molecular flexibility index (Phi) is 5.57. The summed E-state index contributed by atoms with van der Waals surface area (Å²) in [6, 6.07) is 2.00. The van der Waals surface area contributed by atoms with E-state index in [0.29, 0.717) is 0 Å². The van der Waals surface area contributed by atoms with E-state index in [-0.39, 0.29) is 6.10 Å². The van der Waals surface area contributed by atoms with Crippen molar-refractivity contribution in [3.8, 4) is 0 Å². The molecule has 1 rings (SSSR count). The topological polar surface area (TPSA) is 20.2 Å². The van der Waals surface area contributed by atoms with Gasteiger partial charge in [0.05, 0.1) is 6.10 Å². The Bertz CT molecular complexity index is 241. The lowest BCUT2D eigenvalue weighted by atomic mass is 10.1. The van der Waals surface area contributed by atoms with Crippen molar-refractivity contribution in [2.45, 2.75) is 38.2 Å². The molecular weight excluding hydrogens is 192 g/mol. The SMILES string of the molecule is C=CCCCCCC(O)c1ccsc1. The number of aliphatic hydroxyl groups is 1. The minimum Gasteiger partial charge on any atom is -0.388 e. The normalized spacial score (nSPS) is 12.6. The van der Waals surface area contributed by atoms with Gasteiger partial charge in [0, 0.05) is 0 Å². The second-order valence-electron chi connectivity index (χ2n) is 3.50. The fourth-order valence-corrected chi connectivity index (χ4v) is 2.14. The van der Waals surface area contributed by atoms with Gasteiger partial charge in [-0.15, -0.1) is 6.58 Å². The van der Waals surface area contributed by atoms with E-state index in [2.05, 4.69) is 6.58 Å². The van der Waals surface area contributed by atoms with Gasteiger partial charge >= 0.3 is 0 Å². The summed E-state index contributed by atoms with van der Waals surface area (Å²) in [6.45, 7) is 3.69. The van der Waals surface area contributed by atoms with Crippen LogP contribution in [0.1, 0.15) is 43.8 Å². The van der Waals surface area contributed by atoms with Gasteiger partial charge in [-0.25, -0.2) is 0 Å². The third-order valence-corrected chi connectivity index (χ3v) is 3.02. The van der Waals surface area contributed by atoms with Gasteiger partial charge in [-0.2, -0.15) is 11.3 Å². The fraction of sp³-hybridized carbons (Fsp3) is 0.500. The van der Waals surface area contributed by atoms with Crippen LogP contribution in [0.2, 0.25) is 0 Å². The third kappa shape index (κ3) is 4.07. The molecule has 1 aromatic rings. The van der Waals surface area contributed by atoms with Gasteiger partial charge in [0.1, 0.15) is 0 Å². The molecular formula is C12H18OS. The van der Waals surface area contributed by atoms with Crippen LogP contribution in [-0.4, -0.2) is 5.11 Å². The van der Waals surface area contributed by atoms with E-state index in [4.69, 9.17) is 0 Å². The van der Waals surface area contributed by atoms with E-state index in [1.807, 2.05) is 22.9 Å². The molecule has 0 aliphatic rings. The van der Waals surface area contributed by atoms with Crippen molar-refractivity contribution in [2.75, 3.05) is 0 Å². The van der Waals surface area contributed by atoms with Crippen molar-refractivity contribution in [1.29, 1.82) is 0 Å². The summed E-state index contributed by atoms with van der Waals surface area (Å²) >= 11 is 1.64. The number of allylic oxidation sites excluding steroid dienone is 1. The molecule has 2 heteroatoms. The summed E-state index contributed by atoms with van der Waals surface area (Å²) in [5, 5.41) is 13.8. The number of thiophene rings is 1. The van der Waals surface area contributed by atoms with Crippen molar-refractivity contribution >= 4 is 11.3 Å². The Morgan fingerprint density at radius 3 is 2.93 bits per heavy atom. The highest BCUT2D eigenvalue weighted by Gasteiger charge is 2.06. The van der Waals surface area contributed by atoms with Crippen molar-refractivity contribution in [2.24, 2.45) is 0 Å². The van der Waals surface area contributed by atoms with Gasteiger partial charge in [0.25, 0.3) is 0 Å². The molecule has 0 saturated carbocycles. The van der Waals surface area contributed by atoms with Gasteiger partial charge in [-0.1, -0.05) is 18.9 Å². The Hall–Kier alpha value is -0.600. The molecule has 1 atom stereocenters. The predicted octanol–water partition coefficient (Wildman–Crippen LogP) is 3.92. The molecule has 0 spiro atoms. The summed E-state index contributed by atoms with van der Waals surface area (Å²) in [5.74, 6) is 0. The zero-order chi connectivity index (χ0) is 10.2. The van der Waals surface area contributed by atoms with Gasteiger partial charge in [0.15, 0.2) is 0 Å². The molecule has 1 aromatic heterocycles. The van der Waals surface area contributed by atoms with Gasteiger partial charge in [-0.3, -0.25) is 0 Å². The second-order valence-corrected chi connectivity index (χ2v) is 4.28. The molecule has 78 valence electrons. The summed E-state index contributed by atoms with van der Waals surface area (Å²) in [6.07, 6.45) is 7.15. The lowest BCUT2D eigenvalue weighted by Crippen LogP contribution is -1.94. The quantitative estimate of drug-likeness (QED) is 0.534. The fourth-order valence-electron chi connectivity index (χ4n) is 1.43. The average Bonchev–Trinajstić information content (AvgIpc) is 2.70. The highest BCUT2D eigenvalue weighted by Crippen LogP contribution is 2.21. The molecule has 0 aromatic carbocycles. The molecule has 1 N–H and O–H groups in total. The van der Waals surface area contributed by atoms with Crippen LogP contribution in [0.5, 0.6) is 0 Å².